The lowest BCUT2D eigenvalue weighted by atomic mass is 10.0. The largest absolute Gasteiger partial charge is 0.476 e. The highest BCUT2D eigenvalue weighted by molar-refractivity contribution is 5.55. The molecule has 1 aliphatic rings. The van der Waals surface area contributed by atoms with Crippen LogP contribution in [0.2, 0.25) is 0 Å². The molecule has 2 atom stereocenters. The first kappa shape index (κ1) is 13.9. The van der Waals surface area contributed by atoms with Crippen molar-refractivity contribution in [3.63, 3.8) is 0 Å². The van der Waals surface area contributed by atoms with Gasteiger partial charge in [-0.3, -0.25) is 0 Å². The van der Waals surface area contributed by atoms with Gasteiger partial charge in [0.1, 0.15) is 12.4 Å². The van der Waals surface area contributed by atoms with Crippen LogP contribution < -0.4 is 15.2 Å². The van der Waals surface area contributed by atoms with Gasteiger partial charge in [0.25, 0.3) is 0 Å². The van der Waals surface area contributed by atoms with Crippen LogP contribution in [-0.2, 0) is 4.74 Å². The van der Waals surface area contributed by atoms with Crippen LogP contribution in [0.4, 0.5) is 5.69 Å². The van der Waals surface area contributed by atoms with Crippen molar-refractivity contribution in [3.8, 4) is 11.8 Å². The van der Waals surface area contributed by atoms with Crippen molar-refractivity contribution in [1.82, 2.24) is 9.97 Å². The summed E-state index contributed by atoms with van der Waals surface area (Å²) in [7, 11) is 0. The molecule has 0 radical (unpaired) electrons. The highest BCUT2D eigenvalue weighted by Gasteiger charge is 2.27. The molecule has 0 aliphatic carbocycles. The van der Waals surface area contributed by atoms with Crippen LogP contribution in [0.1, 0.15) is 33.6 Å². The molecule has 2 unspecified atom stereocenters. The summed E-state index contributed by atoms with van der Waals surface area (Å²) >= 11 is 0. The van der Waals surface area contributed by atoms with Gasteiger partial charge in [0.2, 0.25) is 11.8 Å². The number of aromatic nitrogens is 2. The van der Waals surface area contributed by atoms with E-state index >= 15 is 0 Å². The molecule has 0 spiro atoms. The Morgan fingerprint density at radius 1 is 1.26 bits per heavy atom. The summed E-state index contributed by atoms with van der Waals surface area (Å²) in [5, 5.41) is 0. The quantitative estimate of drug-likeness (QED) is 0.896. The van der Waals surface area contributed by atoms with Gasteiger partial charge in [-0.05, 0) is 20.8 Å². The number of nitrogens with two attached hydrogens (primary N) is 1. The SMILES string of the molecule is CCOc1ncnc(OC2CC(C)OC(C)C2)c1N. The van der Waals surface area contributed by atoms with E-state index in [1.54, 1.807) is 0 Å². The molecule has 1 saturated heterocycles. The summed E-state index contributed by atoms with van der Waals surface area (Å²) in [5.74, 6) is 0.769. The number of hydrogen-bond acceptors (Lipinski definition) is 6. The van der Waals surface area contributed by atoms with Crippen LogP contribution in [0, 0.1) is 0 Å². The van der Waals surface area contributed by atoms with E-state index in [4.69, 9.17) is 19.9 Å². The van der Waals surface area contributed by atoms with Crippen LogP contribution in [0.15, 0.2) is 6.33 Å². The molecule has 2 rings (SSSR count). The normalized spacial score (nSPS) is 27.0. The third-order valence-electron chi connectivity index (χ3n) is 3.02. The van der Waals surface area contributed by atoms with E-state index in [0.29, 0.717) is 24.1 Å². The first-order valence-electron chi connectivity index (χ1n) is 6.65. The average Bonchev–Trinajstić information content (AvgIpc) is 2.33. The molecule has 1 aromatic heterocycles. The van der Waals surface area contributed by atoms with Gasteiger partial charge in [-0.1, -0.05) is 0 Å². The molecule has 1 aliphatic heterocycles. The van der Waals surface area contributed by atoms with E-state index in [0.717, 1.165) is 12.8 Å². The second-order valence-electron chi connectivity index (χ2n) is 4.80. The van der Waals surface area contributed by atoms with Crippen molar-refractivity contribution in [2.75, 3.05) is 12.3 Å². The minimum absolute atomic E-state index is 0.0606. The van der Waals surface area contributed by atoms with Crippen molar-refractivity contribution >= 4 is 5.69 Å². The maximum Gasteiger partial charge on any atom is 0.244 e. The maximum atomic E-state index is 5.95. The molecule has 2 heterocycles. The Bertz CT molecular complexity index is 418. The average molecular weight is 267 g/mol. The monoisotopic (exact) mass is 267 g/mol. The van der Waals surface area contributed by atoms with Gasteiger partial charge in [-0.25, -0.2) is 0 Å². The molecule has 0 aromatic carbocycles. The Morgan fingerprint density at radius 3 is 2.53 bits per heavy atom. The van der Waals surface area contributed by atoms with Crippen LogP contribution in [0.5, 0.6) is 11.8 Å². The van der Waals surface area contributed by atoms with Crippen molar-refractivity contribution < 1.29 is 14.2 Å². The molecule has 6 heteroatoms. The fraction of sp³-hybridized carbons (Fsp3) is 0.692. The minimum Gasteiger partial charge on any atom is -0.476 e. The molecule has 0 saturated carbocycles. The van der Waals surface area contributed by atoms with E-state index < -0.39 is 0 Å². The minimum atomic E-state index is 0.0606. The molecule has 106 valence electrons. The maximum absolute atomic E-state index is 5.95. The summed E-state index contributed by atoms with van der Waals surface area (Å²) in [4.78, 5) is 8.07. The lowest BCUT2D eigenvalue weighted by Gasteiger charge is -2.32. The fourth-order valence-corrected chi connectivity index (χ4v) is 2.31. The van der Waals surface area contributed by atoms with Gasteiger partial charge in [0.05, 0.1) is 18.8 Å². The van der Waals surface area contributed by atoms with Gasteiger partial charge in [0.15, 0.2) is 5.69 Å². The predicted octanol–water partition coefficient (Wildman–Crippen LogP) is 1.79. The van der Waals surface area contributed by atoms with Crippen LogP contribution in [-0.4, -0.2) is 34.9 Å². The molecular weight excluding hydrogens is 246 g/mol. The fourth-order valence-electron chi connectivity index (χ4n) is 2.31. The standard InChI is InChI=1S/C13H21N3O3/c1-4-17-12-11(14)13(16-7-15-12)19-10-5-8(2)18-9(3)6-10/h7-10H,4-6,14H2,1-3H3. The molecule has 19 heavy (non-hydrogen) atoms. The summed E-state index contributed by atoms with van der Waals surface area (Å²) in [6.07, 6.45) is 3.50. The first-order valence-corrected chi connectivity index (χ1v) is 6.65. The van der Waals surface area contributed by atoms with E-state index in [-0.39, 0.29) is 18.3 Å². The lowest BCUT2D eigenvalue weighted by molar-refractivity contribution is -0.0728. The van der Waals surface area contributed by atoms with Crippen molar-refractivity contribution in [3.05, 3.63) is 6.33 Å². The molecule has 2 N–H and O–H groups in total. The first-order chi connectivity index (χ1) is 9.10. The highest BCUT2D eigenvalue weighted by Crippen LogP contribution is 2.30. The third-order valence-corrected chi connectivity index (χ3v) is 3.02. The zero-order valence-corrected chi connectivity index (χ0v) is 11.6. The third kappa shape index (κ3) is 3.47. The molecule has 0 bridgehead atoms. The highest BCUT2D eigenvalue weighted by atomic mass is 16.5. The van der Waals surface area contributed by atoms with Crippen LogP contribution in [0.3, 0.4) is 0 Å². The van der Waals surface area contributed by atoms with E-state index in [1.165, 1.54) is 6.33 Å². The molecule has 0 amide bonds. The smallest absolute Gasteiger partial charge is 0.244 e. The summed E-state index contributed by atoms with van der Waals surface area (Å²) in [6, 6.07) is 0. The summed E-state index contributed by atoms with van der Waals surface area (Å²) in [5.41, 5.74) is 6.31. The van der Waals surface area contributed by atoms with E-state index in [1.807, 2.05) is 20.8 Å². The Hall–Kier alpha value is -1.56. The van der Waals surface area contributed by atoms with Crippen molar-refractivity contribution in [1.29, 1.82) is 0 Å². The molecule has 1 aromatic rings. The van der Waals surface area contributed by atoms with Gasteiger partial charge in [-0.2, -0.15) is 9.97 Å². The molecule has 1 fully saturated rings. The number of nitrogens with zero attached hydrogens (tertiary/aromatic N) is 2. The zero-order valence-electron chi connectivity index (χ0n) is 11.6. The van der Waals surface area contributed by atoms with E-state index in [9.17, 15) is 0 Å². The van der Waals surface area contributed by atoms with Gasteiger partial charge < -0.3 is 19.9 Å². The lowest BCUT2D eigenvalue weighted by Crippen LogP contribution is -2.36. The Kier molecular flexibility index (Phi) is 4.42. The molecular formula is C13H21N3O3. The predicted molar refractivity (Wildman–Crippen MR) is 71.3 cm³/mol. The van der Waals surface area contributed by atoms with Crippen LogP contribution in [0.25, 0.3) is 0 Å². The summed E-state index contributed by atoms with van der Waals surface area (Å²) < 4.78 is 16.9. The van der Waals surface area contributed by atoms with Crippen molar-refractivity contribution in [2.24, 2.45) is 0 Å². The second-order valence-corrected chi connectivity index (χ2v) is 4.80. The number of ether oxygens (including phenoxy) is 3. The number of rotatable bonds is 4. The Balaban J connectivity index is 2.08. The van der Waals surface area contributed by atoms with Crippen LogP contribution >= 0.6 is 0 Å². The number of anilines is 1. The Morgan fingerprint density at radius 2 is 1.89 bits per heavy atom. The van der Waals surface area contributed by atoms with Gasteiger partial charge >= 0.3 is 0 Å². The number of nitrogen functional groups attached to an aromatic ring is 1. The second kappa shape index (κ2) is 6.06. The van der Waals surface area contributed by atoms with E-state index in [2.05, 4.69) is 9.97 Å². The van der Waals surface area contributed by atoms with Gasteiger partial charge in [0, 0.05) is 12.8 Å². The van der Waals surface area contributed by atoms with Gasteiger partial charge in [-0.15, -0.1) is 0 Å². The topological polar surface area (TPSA) is 79.5 Å². The van der Waals surface area contributed by atoms with Crippen molar-refractivity contribution in [2.45, 2.75) is 51.9 Å². The molecule has 6 nitrogen and oxygen atoms in total. The summed E-state index contributed by atoms with van der Waals surface area (Å²) in [6.45, 7) is 6.47. The Labute approximate surface area is 113 Å². The zero-order chi connectivity index (χ0) is 13.8. The number of hydrogen-bond donors (Lipinski definition) is 1.